The van der Waals surface area contributed by atoms with Gasteiger partial charge in [0.15, 0.2) is 5.78 Å². The van der Waals surface area contributed by atoms with Gasteiger partial charge in [-0.1, -0.05) is 44.4 Å². The topological polar surface area (TPSA) is 46.1 Å². The highest BCUT2D eigenvalue weighted by Gasteiger charge is 2.47. The van der Waals surface area contributed by atoms with Gasteiger partial charge in [0.25, 0.3) is 0 Å². The smallest absolute Gasteiger partial charge is 0.364 e. The maximum atomic E-state index is 13.7. The van der Waals surface area contributed by atoms with Gasteiger partial charge in [-0.05, 0) is 55.1 Å². The van der Waals surface area contributed by atoms with Crippen LogP contribution < -0.4 is 0 Å². The van der Waals surface area contributed by atoms with E-state index in [-0.39, 0.29) is 28.3 Å². The molecule has 0 radical (unpaired) electrons. The van der Waals surface area contributed by atoms with Gasteiger partial charge in [0.05, 0.1) is 34.9 Å². The zero-order valence-electron chi connectivity index (χ0n) is 18.9. The number of allylic oxidation sites excluding steroid dienone is 2. The van der Waals surface area contributed by atoms with E-state index in [1.165, 1.54) is 12.4 Å². The number of benzene rings is 1. The second kappa shape index (κ2) is 8.76. The number of aromatic nitrogens is 2. The molecule has 4 nitrogen and oxygen atoms in total. The molecule has 3 unspecified atom stereocenters. The quantitative estimate of drug-likeness (QED) is 0.479. The Morgan fingerprint density at radius 2 is 2.03 bits per heavy atom. The number of fused-ring (bicyclic) bond motifs is 1. The first kappa shape index (κ1) is 23.5. The van der Waals surface area contributed by atoms with Gasteiger partial charge in [-0.3, -0.25) is 4.79 Å². The van der Waals surface area contributed by atoms with Gasteiger partial charge in [0.1, 0.15) is 11.4 Å². The first-order valence-electron chi connectivity index (χ1n) is 11.4. The lowest BCUT2D eigenvalue weighted by atomic mass is 9.95. The summed E-state index contributed by atoms with van der Waals surface area (Å²) < 4.78 is 41.0. The van der Waals surface area contributed by atoms with Crippen molar-refractivity contribution in [2.24, 2.45) is 0 Å². The minimum Gasteiger partial charge on any atom is -0.364 e. The largest absolute Gasteiger partial charge is 0.416 e. The van der Waals surface area contributed by atoms with Crippen molar-refractivity contribution in [3.63, 3.8) is 0 Å². The van der Waals surface area contributed by atoms with Crippen molar-refractivity contribution < 1.29 is 18.0 Å². The van der Waals surface area contributed by atoms with Crippen molar-refractivity contribution in [1.29, 1.82) is 0 Å². The van der Waals surface area contributed by atoms with Gasteiger partial charge < -0.3 is 4.90 Å². The molecule has 0 N–H and O–H groups in total. The summed E-state index contributed by atoms with van der Waals surface area (Å²) in [4.78, 5) is 23.6. The van der Waals surface area contributed by atoms with E-state index in [4.69, 9.17) is 11.6 Å². The van der Waals surface area contributed by atoms with Crippen LogP contribution in [0.4, 0.5) is 13.2 Å². The zero-order chi connectivity index (χ0) is 24.2. The summed E-state index contributed by atoms with van der Waals surface area (Å²) in [7, 11) is 0.953. The van der Waals surface area contributed by atoms with Crippen molar-refractivity contribution in [2.75, 3.05) is 6.54 Å². The Bertz CT molecular complexity index is 1230. The van der Waals surface area contributed by atoms with E-state index in [9.17, 15) is 18.0 Å². The maximum Gasteiger partial charge on any atom is 0.416 e. The Kier molecular flexibility index (Phi) is 6.06. The number of hydrogen-bond acceptors (Lipinski definition) is 4. The maximum absolute atomic E-state index is 13.7. The monoisotopic (exact) mass is 505 g/mol. The van der Waals surface area contributed by atoms with Gasteiger partial charge in [-0.2, -0.15) is 13.2 Å². The highest BCUT2D eigenvalue weighted by atomic mass is 35.5. The van der Waals surface area contributed by atoms with Crippen LogP contribution in [0.5, 0.6) is 0 Å². The SMILES string of the molecule is CCC1P=CC(N2CCc3c(ncnc3C3CC3c3ccc(C)cc3C(F)(F)F)C2)=C(Cl)C1=O. The van der Waals surface area contributed by atoms with Crippen molar-refractivity contribution in [3.05, 3.63) is 68.9 Å². The van der Waals surface area contributed by atoms with Gasteiger partial charge in [-0.15, -0.1) is 0 Å². The van der Waals surface area contributed by atoms with Crippen LogP contribution >= 0.6 is 19.8 Å². The second-order valence-corrected chi connectivity index (χ2v) is 10.7. The van der Waals surface area contributed by atoms with Crippen LogP contribution in [0, 0.1) is 6.92 Å². The lowest BCUT2D eigenvalue weighted by molar-refractivity contribution is -0.138. The number of nitrogens with zero attached hydrogens (tertiary/aromatic N) is 3. The Morgan fingerprint density at radius 1 is 1.24 bits per heavy atom. The van der Waals surface area contributed by atoms with Crippen molar-refractivity contribution >= 4 is 31.4 Å². The number of halogens is 4. The Balaban J connectivity index is 1.40. The molecule has 3 atom stereocenters. The van der Waals surface area contributed by atoms with Crippen LogP contribution in [-0.4, -0.2) is 38.7 Å². The fraction of sp³-hybridized carbons (Fsp3) is 0.440. The van der Waals surface area contributed by atoms with Crippen LogP contribution in [-0.2, 0) is 23.9 Å². The molecule has 0 spiro atoms. The first-order valence-corrected chi connectivity index (χ1v) is 12.8. The summed E-state index contributed by atoms with van der Waals surface area (Å²) in [5.41, 5.74) is 3.81. The third-order valence-electron chi connectivity index (χ3n) is 6.94. The third kappa shape index (κ3) is 4.18. The van der Waals surface area contributed by atoms with E-state index >= 15 is 0 Å². The van der Waals surface area contributed by atoms with Crippen LogP contribution in [0.3, 0.4) is 0 Å². The number of rotatable bonds is 4. The molecule has 3 aliphatic rings. The minimum atomic E-state index is -4.38. The molecule has 178 valence electrons. The van der Waals surface area contributed by atoms with E-state index in [1.54, 1.807) is 19.1 Å². The van der Waals surface area contributed by atoms with Crippen LogP contribution in [0.1, 0.15) is 65.2 Å². The van der Waals surface area contributed by atoms with E-state index < -0.39 is 11.7 Å². The summed E-state index contributed by atoms with van der Waals surface area (Å²) in [6.45, 7) is 4.82. The number of hydrogen-bond donors (Lipinski definition) is 0. The standard InChI is InChI=1S/C25H24ClF3N3OP/c1-3-21-24(33)22(26)20(11-34-21)32-7-6-15-19(10-32)30-12-31-23(15)17-9-16(17)14-5-4-13(2)8-18(14)25(27,28)29/h4-5,8,11-12,16-17,21H,3,6-7,9-10H2,1-2H3. The molecule has 1 aromatic carbocycles. The van der Waals surface area contributed by atoms with Gasteiger partial charge in [-0.25, -0.2) is 9.97 Å². The summed E-state index contributed by atoms with van der Waals surface area (Å²) in [6.07, 6.45) is -0.811. The van der Waals surface area contributed by atoms with Gasteiger partial charge >= 0.3 is 6.18 Å². The highest BCUT2D eigenvalue weighted by Crippen LogP contribution is 2.57. The summed E-state index contributed by atoms with van der Waals surface area (Å²) in [6, 6.07) is 4.60. The Labute approximate surface area is 203 Å². The van der Waals surface area contributed by atoms with Crippen molar-refractivity contribution in [3.8, 4) is 0 Å². The van der Waals surface area contributed by atoms with Gasteiger partial charge in [0, 0.05) is 12.5 Å². The molecule has 1 fully saturated rings. The molecule has 0 amide bonds. The number of Topliss-reactive ketones (excluding diaryl/α,β-unsaturated/α-hetero) is 1. The second-order valence-electron chi connectivity index (χ2n) is 9.16. The van der Waals surface area contributed by atoms with Crippen LogP contribution in [0.15, 0.2) is 35.3 Å². The van der Waals surface area contributed by atoms with Gasteiger partial charge in [0.2, 0.25) is 0 Å². The lowest BCUT2D eigenvalue weighted by Gasteiger charge is -2.33. The predicted octanol–water partition coefficient (Wildman–Crippen LogP) is 5.99. The average Bonchev–Trinajstić information content (AvgIpc) is 3.60. The molecule has 2 aliphatic heterocycles. The molecule has 0 bridgehead atoms. The number of aryl methyl sites for hydroxylation is 1. The summed E-state index contributed by atoms with van der Waals surface area (Å²) in [5.74, 6) is 1.76. The molecule has 1 aromatic heterocycles. The number of carbonyl (C=O) groups excluding carboxylic acids is 1. The van der Waals surface area contributed by atoms with E-state index in [2.05, 4.69) is 14.9 Å². The van der Waals surface area contributed by atoms with E-state index in [0.717, 1.165) is 37.3 Å². The predicted molar refractivity (Wildman–Crippen MR) is 127 cm³/mol. The van der Waals surface area contributed by atoms with Crippen molar-refractivity contribution in [1.82, 2.24) is 14.9 Å². The number of carbonyl (C=O) groups is 1. The normalized spacial score (nSPS) is 24.9. The zero-order valence-corrected chi connectivity index (χ0v) is 20.5. The highest BCUT2D eigenvalue weighted by molar-refractivity contribution is 7.41. The summed E-state index contributed by atoms with van der Waals surface area (Å²) >= 11 is 6.44. The lowest BCUT2D eigenvalue weighted by Crippen LogP contribution is -2.35. The van der Waals surface area contributed by atoms with E-state index in [1.807, 2.05) is 12.7 Å². The molecule has 5 rings (SSSR count). The number of alkyl halides is 3. The molecule has 1 saturated carbocycles. The fourth-order valence-corrected chi connectivity index (χ4v) is 6.60. The molecule has 1 aliphatic carbocycles. The molecule has 2 aromatic rings. The minimum absolute atomic E-state index is 0.0168. The molecule has 0 saturated heterocycles. The third-order valence-corrected chi connectivity index (χ3v) is 8.68. The van der Waals surface area contributed by atoms with E-state index in [0.29, 0.717) is 37.1 Å². The van der Waals surface area contributed by atoms with Crippen molar-refractivity contribution in [2.45, 2.75) is 63.3 Å². The number of ketones is 1. The Hall–Kier alpha value is -2.24. The first-order chi connectivity index (χ1) is 16.2. The summed E-state index contributed by atoms with van der Waals surface area (Å²) in [5, 5.41) is 0.282. The molecular formula is C25H24ClF3N3OP. The van der Waals surface area contributed by atoms with Crippen LogP contribution in [0.2, 0.25) is 0 Å². The van der Waals surface area contributed by atoms with Crippen LogP contribution in [0.25, 0.3) is 0 Å². The average molecular weight is 506 g/mol. The molecular weight excluding hydrogens is 482 g/mol. The fourth-order valence-electron chi connectivity index (χ4n) is 5.05. The molecule has 3 heterocycles. The molecule has 34 heavy (non-hydrogen) atoms. The molecule has 9 heteroatoms. The Morgan fingerprint density at radius 3 is 2.76 bits per heavy atom.